The Morgan fingerprint density at radius 3 is 2.73 bits per heavy atom. The van der Waals surface area contributed by atoms with Crippen LogP contribution in [0.1, 0.15) is 5.56 Å². The third-order valence-corrected chi connectivity index (χ3v) is 4.76. The van der Waals surface area contributed by atoms with Crippen LogP contribution in [-0.4, -0.2) is 25.0 Å². The molecular weight excluding hydrogens is 404 g/mol. The molecule has 1 amide bonds. The molecule has 30 heavy (non-hydrogen) atoms. The number of anilines is 2. The lowest BCUT2D eigenvalue weighted by atomic mass is 10.1. The minimum atomic E-state index is -0.407. The van der Waals surface area contributed by atoms with Gasteiger partial charge in [0.2, 0.25) is 5.91 Å². The standard InChI is InChI=1S/C23H19ClN2O4/c1-15-7-9-21-19(11-15)26(14-23(28)30-21)13-22(27)25-18-12-16(24)8-10-20(18)29-17-5-3-2-4-6-17/h2-12H,13-14H2,1H3,(H,25,27). The minimum Gasteiger partial charge on any atom is -0.455 e. The Balaban J connectivity index is 1.53. The zero-order chi connectivity index (χ0) is 21.1. The monoisotopic (exact) mass is 422 g/mol. The van der Waals surface area contributed by atoms with Crippen LogP contribution in [0.15, 0.2) is 66.7 Å². The summed E-state index contributed by atoms with van der Waals surface area (Å²) in [4.78, 5) is 26.4. The summed E-state index contributed by atoms with van der Waals surface area (Å²) in [5.74, 6) is 0.833. The lowest BCUT2D eigenvalue weighted by Gasteiger charge is -2.29. The maximum absolute atomic E-state index is 12.8. The van der Waals surface area contributed by atoms with Gasteiger partial charge in [-0.2, -0.15) is 0 Å². The lowest BCUT2D eigenvalue weighted by molar-refractivity contribution is -0.133. The molecule has 3 aromatic rings. The molecule has 0 atom stereocenters. The number of carbonyl (C=O) groups is 2. The fourth-order valence-electron chi connectivity index (χ4n) is 3.17. The normalized spacial score (nSPS) is 12.7. The lowest BCUT2D eigenvalue weighted by Crippen LogP contribution is -2.41. The van der Waals surface area contributed by atoms with Crippen LogP contribution < -0.4 is 19.7 Å². The van der Waals surface area contributed by atoms with Crippen molar-refractivity contribution in [3.05, 3.63) is 77.3 Å². The van der Waals surface area contributed by atoms with E-state index in [-0.39, 0.29) is 19.0 Å². The molecular formula is C23H19ClN2O4. The van der Waals surface area contributed by atoms with Crippen molar-refractivity contribution in [1.29, 1.82) is 0 Å². The number of amides is 1. The van der Waals surface area contributed by atoms with Gasteiger partial charge in [-0.15, -0.1) is 0 Å². The number of rotatable bonds is 5. The van der Waals surface area contributed by atoms with Gasteiger partial charge in [0.1, 0.15) is 12.3 Å². The number of carbonyl (C=O) groups excluding carboxylic acids is 2. The van der Waals surface area contributed by atoms with Crippen molar-refractivity contribution in [3.8, 4) is 17.2 Å². The van der Waals surface area contributed by atoms with Crippen LogP contribution in [0.3, 0.4) is 0 Å². The van der Waals surface area contributed by atoms with Crippen LogP contribution in [0, 0.1) is 6.92 Å². The van der Waals surface area contributed by atoms with Crippen molar-refractivity contribution in [2.45, 2.75) is 6.92 Å². The molecule has 0 unspecified atom stereocenters. The van der Waals surface area contributed by atoms with Gasteiger partial charge in [-0.25, -0.2) is 4.79 Å². The minimum absolute atomic E-state index is 0.00715. The van der Waals surface area contributed by atoms with Gasteiger partial charge < -0.3 is 19.7 Å². The molecule has 0 bridgehead atoms. The van der Waals surface area contributed by atoms with Gasteiger partial charge in [-0.1, -0.05) is 35.9 Å². The van der Waals surface area contributed by atoms with E-state index in [4.69, 9.17) is 21.1 Å². The number of aryl methyl sites for hydroxylation is 1. The molecule has 1 aliphatic heterocycles. The highest BCUT2D eigenvalue weighted by atomic mass is 35.5. The number of benzene rings is 3. The summed E-state index contributed by atoms with van der Waals surface area (Å²) in [5.41, 5.74) is 2.16. The van der Waals surface area contributed by atoms with E-state index < -0.39 is 5.97 Å². The number of nitrogens with one attached hydrogen (secondary N) is 1. The number of para-hydroxylation sites is 1. The molecule has 3 aromatic carbocycles. The first-order valence-corrected chi connectivity index (χ1v) is 9.74. The Bertz CT molecular complexity index is 1100. The van der Waals surface area contributed by atoms with Gasteiger partial charge >= 0.3 is 5.97 Å². The molecule has 0 spiro atoms. The smallest absolute Gasteiger partial charge is 0.331 e. The Hall–Kier alpha value is -3.51. The van der Waals surface area contributed by atoms with E-state index in [0.717, 1.165) is 5.56 Å². The number of nitrogens with zero attached hydrogens (tertiary/aromatic N) is 1. The fourth-order valence-corrected chi connectivity index (χ4v) is 3.34. The Labute approximate surface area is 179 Å². The first-order chi connectivity index (χ1) is 14.5. The fraction of sp³-hybridized carbons (Fsp3) is 0.130. The zero-order valence-electron chi connectivity index (χ0n) is 16.2. The largest absolute Gasteiger partial charge is 0.455 e. The van der Waals surface area contributed by atoms with Gasteiger partial charge in [0.15, 0.2) is 11.5 Å². The molecule has 6 nitrogen and oxygen atoms in total. The number of ether oxygens (including phenoxy) is 2. The summed E-state index contributed by atoms with van der Waals surface area (Å²) in [6.45, 7) is 1.91. The highest BCUT2D eigenvalue weighted by Gasteiger charge is 2.26. The summed E-state index contributed by atoms with van der Waals surface area (Å²) < 4.78 is 11.2. The van der Waals surface area contributed by atoms with E-state index >= 15 is 0 Å². The number of fused-ring (bicyclic) bond motifs is 1. The molecule has 4 rings (SSSR count). The third-order valence-electron chi connectivity index (χ3n) is 4.52. The second kappa shape index (κ2) is 8.47. The summed E-state index contributed by atoms with van der Waals surface area (Å²) >= 11 is 6.12. The van der Waals surface area contributed by atoms with Gasteiger partial charge in [0.05, 0.1) is 17.9 Å². The maximum atomic E-state index is 12.8. The molecule has 1 heterocycles. The topological polar surface area (TPSA) is 67.9 Å². The highest BCUT2D eigenvalue weighted by molar-refractivity contribution is 6.31. The van der Waals surface area contributed by atoms with Crippen LogP contribution in [0.5, 0.6) is 17.2 Å². The molecule has 7 heteroatoms. The molecule has 1 N–H and O–H groups in total. The SMILES string of the molecule is Cc1ccc2c(c1)N(CC(=O)Nc1cc(Cl)ccc1Oc1ccccc1)CC(=O)O2. The molecule has 0 fully saturated rings. The van der Waals surface area contributed by atoms with E-state index in [0.29, 0.717) is 33.6 Å². The van der Waals surface area contributed by atoms with Crippen molar-refractivity contribution in [2.24, 2.45) is 0 Å². The van der Waals surface area contributed by atoms with Crippen molar-refractivity contribution < 1.29 is 19.1 Å². The first kappa shape index (κ1) is 19.8. The second-order valence-corrected chi connectivity index (χ2v) is 7.34. The van der Waals surface area contributed by atoms with Crippen molar-refractivity contribution in [3.63, 3.8) is 0 Å². The zero-order valence-corrected chi connectivity index (χ0v) is 17.0. The molecule has 0 aromatic heterocycles. The maximum Gasteiger partial charge on any atom is 0.331 e. The molecule has 0 aliphatic carbocycles. The number of hydrogen-bond donors (Lipinski definition) is 1. The van der Waals surface area contributed by atoms with Gasteiger partial charge in [0.25, 0.3) is 0 Å². The van der Waals surface area contributed by atoms with Gasteiger partial charge in [-0.05, 0) is 55.0 Å². The van der Waals surface area contributed by atoms with E-state index in [1.54, 1.807) is 29.2 Å². The summed E-state index contributed by atoms with van der Waals surface area (Å²) in [6.07, 6.45) is 0. The van der Waals surface area contributed by atoms with Crippen molar-refractivity contribution in [2.75, 3.05) is 23.3 Å². The van der Waals surface area contributed by atoms with Crippen LogP contribution >= 0.6 is 11.6 Å². The van der Waals surface area contributed by atoms with Gasteiger partial charge in [-0.3, -0.25) is 4.79 Å². The predicted octanol–water partition coefficient (Wildman–Crippen LogP) is 4.80. The summed E-state index contributed by atoms with van der Waals surface area (Å²) in [5, 5.41) is 3.30. The van der Waals surface area contributed by atoms with Crippen LogP contribution in [-0.2, 0) is 9.59 Å². The van der Waals surface area contributed by atoms with Crippen LogP contribution in [0.4, 0.5) is 11.4 Å². The Kier molecular flexibility index (Phi) is 5.59. The van der Waals surface area contributed by atoms with E-state index in [1.165, 1.54) is 0 Å². The molecule has 152 valence electrons. The molecule has 0 saturated heterocycles. The molecule has 1 aliphatic rings. The predicted molar refractivity (Wildman–Crippen MR) is 116 cm³/mol. The molecule has 0 radical (unpaired) electrons. The number of halogens is 1. The Morgan fingerprint density at radius 2 is 1.93 bits per heavy atom. The van der Waals surface area contributed by atoms with Crippen molar-refractivity contribution in [1.82, 2.24) is 0 Å². The summed E-state index contributed by atoms with van der Waals surface area (Å²) in [6, 6.07) is 19.7. The van der Waals surface area contributed by atoms with Gasteiger partial charge in [0, 0.05) is 5.02 Å². The van der Waals surface area contributed by atoms with E-state index in [1.807, 2.05) is 49.4 Å². The first-order valence-electron chi connectivity index (χ1n) is 9.36. The Morgan fingerprint density at radius 1 is 1.13 bits per heavy atom. The average molecular weight is 423 g/mol. The second-order valence-electron chi connectivity index (χ2n) is 6.91. The highest BCUT2D eigenvalue weighted by Crippen LogP contribution is 2.34. The number of hydrogen-bond acceptors (Lipinski definition) is 5. The summed E-state index contributed by atoms with van der Waals surface area (Å²) in [7, 11) is 0. The molecule has 0 saturated carbocycles. The van der Waals surface area contributed by atoms with E-state index in [2.05, 4.69) is 5.32 Å². The van der Waals surface area contributed by atoms with Crippen LogP contribution in [0.2, 0.25) is 5.02 Å². The third kappa shape index (κ3) is 4.55. The van der Waals surface area contributed by atoms with Crippen molar-refractivity contribution >= 4 is 34.9 Å². The average Bonchev–Trinajstić information content (AvgIpc) is 2.71. The number of esters is 1. The quantitative estimate of drug-likeness (QED) is 0.472. The van der Waals surface area contributed by atoms with Crippen LogP contribution in [0.25, 0.3) is 0 Å². The van der Waals surface area contributed by atoms with E-state index in [9.17, 15) is 9.59 Å².